The lowest BCUT2D eigenvalue weighted by molar-refractivity contribution is 0.101. The molecule has 1 nitrogen and oxygen atoms in total. The Hall–Kier alpha value is -3.61. The largest absolute Gasteiger partial charge is 0.295 e. The summed E-state index contributed by atoms with van der Waals surface area (Å²) in [4.78, 5) is 22.7. The molecule has 0 aliphatic carbocycles. The molecule has 0 heterocycles. The van der Waals surface area contributed by atoms with Crippen molar-refractivity contribution in [3.05, 3.63) is 163 Å². The van der Waals surface area contributed by atoms with Crippen molar-refractivity contribution in [1.29, 1.82) is 0 Å². The summed E-state index contributed by atoms with van der Waals surface area (Å²) in [7, 11) is -0.252. The minimum atomic E-state index is -0.252. The molecule has 0 saturated carbocycles. The normalized spacial score (nSPS) is 11.0. The third-order valence-electron chi connectivity index (χ3n) is 6.63. The lowest BCUT2D eigenvalue weighted by Gasteiger charge is -2.11. The van der Waals surface area contributed by atoms with Crippen LogP contribution in [0.1, 0.15) is 17.3 Å². The average molecular weight is 630 g/mol. The van der Waals surface area contributed by atoms with Crippen LogP contribution in [0.2, 0.25) is 0 Å². The third-order valence-corrected chi connectivity index (χ3v) is 11.9. The van der Waals surface area contributed by atoms with Crippen molar-refractivity contribution >= 4 is 52.0 Å². The van der Waals surface area contributed by atoms with Crippen LogP contribution in [0, 0.1) is 0 Å². The Labute approximate surface area is 269 Å². The van der Waals surface area contributed by atoms with Gasteiger partial charge in [0.05, 0.1) is 10.9 Å². The average Bonchev–Trinajstić information content (AvgIpc) is 3.05. The van der Waals surface area contributed by atoms with Crippen LogP contribution >= 0.6 is 35.3 Å². The highest BCUT2D eigenvalue weighted by molar-refractivity contribution is 8.00. The number of rotatable bonds is 10. The smallest absolute Gasteiger partial charge is 0.166 e. The topological polar surface area (TPSA) is 17.1 Å². The second kappa shape index (κ2) is 14.2. The molecule has 6 rings (SSSR count). The van der Waals surface area contributed by atoms with Crippen LogP contribution in [0.15, 0.2) is 202 Å². The summed E-state index contributed by atoms with van der Waals surface area (Å²) >= 11 is 5.29. The van der Waals surface area contributed by atoms with Gasteiger partial charge in [-0.15, -0.1) is 0 Å². The highest BCUT2D eigenvalue weighted by Crippen LogP contribution is 2.37. The Kier molecular flexibility index (Phi) is 9.76. The number of carbonyl (C=O) groups is 1. The van der Waals surface area contributed by atoms with Gasteiger partial charge in [0.2, 0.25) is 0 Å². The number of ketones is 1. The summed E-state index contributed by atoms with van der Waals surface area (Å²) in [5.74, 6) is 0.0892. The zero-order valence-corrected chi connectivity index (χ0v) is 26.8. The molecule has 6 aromatic carbocycles. The van der Waals surface area contributed by atoms with Crippen LogP contribution in [0.3, 0.4) is 0 Å². The minimum absolute atomic E-state index is 0.0892. The Bertz CT molecular complexity index is 1680. The molecule has 0 unspecified atom stereocenters. The van der Waals surface area contributed by atoms with Crippen molar-refractivity contribution in [2.75, 3.05) is 0 Å². The zero-order valence-electron chi connectivity index (χ0n) is 23.6. The number of hydrogen-bond donors (Lipinski definition) is 0. The van der Waals surface area contributed by atoms with E-state index in [4.69, 9.17) is 0 Å². The highest BCUT2D eigenvalue weighted by atomic mass is 32.2. The van der Waals surface area contributed by atoms with E-state index < -0.39 is 0 Å². The lowest BCUT2D eigenvalue weighted by atomic mass is 10.2. The first-order valence-electron chi connectivity index (χ1n) is 13.9. The van der Waals surface area contributed by atoms with Crippen LogP contribution in [0.25, 0.3) is 0 Å². The molecule has 0 saturated heterocycles. The zero-order chi connectivity index (χ0) is 29.4. The van der Waals surface area contributed by atoms with E-state index in [1.165, 1.54) is 39.2 Å². The molecule has 0 radical (unpaired) electrons. The molecule has 0 atom stereocenters. The molecule has 210 valence electrons. The van der Waals surface area contributed by atoms with Crippen molar-refractivity contribution < 1.29 is 4.79 Å². The monoisotopic (exact) mass is 629 g/mol. The van der Waals surface area contributed by atoms with Crippen molar-refractivity contribution in [2.24, 2.45) is 0 Å². The van der Waals surface area contributed by atoms with E-state index >= 15 is 0 Å². The van der Waals surface area contributed by atoms with Crippen molar-refractivity contribution in [2.45, 2.75) is 51.0 Å². The van der Waals surface area contributed by atoms with Crippen LogP contribution in [-0.2, 0) is 10.9 Å². The summed E-state index contributed by atoms with van der Waals surface area (Å²) in [5, 5.41) is 0. The fourth-order valence-electron chi connectivity index (χ4n) is 4.48. The van der Waals surface area contributed by atoms with Crippen molar-refractivity contribution in [1.82, 2.24) is 0 Å². The Morgan fingerprint density at radius 3 is 0.977 bits per heavy atom. The summed E-state index contributed by atoms with van der Waals surface area (Å²) in [6.45, 7) is 1.60. The Morgan fingerprint density at radius 2 is 0.674 bits per heavy atom. The van der Waals surface area contributed by atoms with E-state index in [9.17, 15) is 4.79 Å². The van der Waals surface area contributed by atoms with Gasteiger partial charge >= 0.3 is 0 Å². The van der Waals surface area contributed by atoms with Gasteiger partial charge in [0.15, 0.2) is 20.5 Å². The molecule has 0 bridgehead atoms. The van der Waals surface area contributed by atoms with Gasteiger partial charge < -0.3 is 0 Å². The molecular weight excluding hydrogens is 601 g/mol. The molecule has 5 heteroatoms. The fraction of sp³-hybridized carbons (Fsp3) is 0.0263. The molecule has 0 amide bonds. The molecule has 6 aromatic rings. The van der Waals surface area contributed by atoms with Gasteiger partial charge in [-0.2, -0.15) is 0 Å². The molecule has 0 aliphatic heterocycles. The molecule has 0 aromatic heterocycles. The summed E-state index contributed by atoms with van der Waals surface area (Å²) < 4.78 is 0. The van der Waals surface area contributed by atoms with Crippen LogP contribution in [0.5, 0.6) is 0 Å². The fourth-order valence-corrected chi connectivity index (χ4v) is 9.02. The molecule has 43 heavy (non-hydrogen) atoms. The van der Waals surface area contributed by atoms with Gasteiger partial charge in [0.25, 0.3) is 0 Å². The number of Topliss-reactive ketones (excluding diaryl/α,β-unsaturated/α-hetero) is 1. The van der Waals surface area contributed by atoms with E-state index in [0.717, 1.165) is 10.5 Å². The van der Waals surface area contributed by atoms with E-state index in [0.29, 0.717) is 0 Å². The van der Waals surface area contributed by atoms with Crippen LogP contribution < -0.4 is 0 Å². The molecular formula is C38H29OS4+. The first kappa shape index (κ1) is 29.5. The van der Waals surface area contributed by atoms with Gasteiger partial charge in [-0.3, -0.25) is 4.79 Å². The van der Waals surface area contributed by atoms with Gasteiger partial charge in [-0.25, -0.2) is 0 Å². The first-order chi connectivity index (χ1) is 21.1. The van der Waals surface area contributed by atoms with Gasteiger partial charge in [0.1, 0.15) is 0 Å². The van der Waals surface area contributed by atoms with Gasteiger partial charge in [-0.1, -0.05) is 83.8 Å². The van der Waals surface area contributed by atoms with Crippen LogP contribution in [0.4, 0.5) is 0 Å². The maximum absolute atomic E-state index is 11.6. The number of benzene rings is 6. The Balaban J connectivity index is 1.27. The molecule has 0 aliphatic rings. The third kappa shape index (κ3) is 7.87. The summed E-state index contributed by atoms with van der Waals surface area (Å²) in [5.41, 5.74) is 0.741. The van der Waals surface area contributed by atoms with E-state index in [1.54, 1.807) is 42.2 Å². The minimum Gasteiger partial charge on any atom is -0.295 e. The van der Waals surface area contributed by atoms with E-state index in [2.05, 4.69) is 133 Å². The SMILES string of the molecule is CC(=O)c1ccc(Sc2ccc([S+](c3ccc(Sc4ccccc4)cc3)c3ccc(Sc4ccccc4)cc3)cc2)cc1. The Morgan fingerprint density at radius 1 is 0.395 bits per heavy atom. The first-order valence-corrected chi connectivity index (χ1v) is 17.6. The molecule has 0 spiro atoms. The highest BCUT2D eigenvalue weighted by Gasteiger charge is 2.29. The number of carbonyl (C=O) groups excluding carboxylic acids is 1. The van der Waals surface area contributed by atoms with Gasteiger partial charge in [0, 0.05) is 34.9 Å². The summed E-state index contributed by atoms with van der Waals surface area (Å²) in [6.07, 6.45) is 0. The molecule has 0 fully saturated rings. The standard InChI is InChI=1S/C38H29OS4/c1-28(39)29-12-14-32(15-13-29)42-35-20-26-38(27-21-35)43(36-22-16-33(17-23-36)40-30-8-4-2-5-9-30)37-24-18-34(19-25-37)41-31-10-6-3-7-11-31/h2-27H,1H3/q+1. The predicted octanol–water partition coefficient (Wildman–Crippen LogP) is 11.4. The van der Waals surface area contributed by atoms with Crippen LogP contribution in [-0.4, -0.2) is 5.78 Å². The lowest BCUT2D eigenvalue weighted by Crippen LogP contribution is -2.04. The second-order valence-electron chi connectivity index (χ2n) is 9.73. The van der Waals surface area contributed by atoms with Crippen molar-refractivity contribution in [3.63, 3.8) is 0 Å². The molecule has 0 N–H and O–H groups in total. The summed E-state index contributed by atoms with van der Waals surface area (Å²) in [6, 6.07) is 55.8. The van der Waals surface area contributed by atoms with Gasteiger partial charge in [-0.05, 0) is 116 Å². The van der Waals surface area contributed by atoms with E-state index in [1.807, 2.05) is 24.3 Å². The van der Waals surface area contributed by atoms with E-state index in [-0.39, 0.29) is 16.7 Å². The predicted molar refractivity (Wildman–Crippen MR) is 183 cm³/mol. The maximum atomic E-state index is 11.6. The maximum Gasteiger partial charge on any atom is 0.166 e. The quantitative estimate of drug-likeness (QED) is 0.111. The number of hydrogen-bond acceptors (Lipinski definition) is 4. The van der Waals surface area contributed by atoms with Crippen molar-refractivity contribution in [3.8, 4) is 0 Å². The second-order valence-corrected chi connectivity index (χ2v) is 15.2.